The van der Waals surface area contributed by atoms with E-state index in [1.54, 1.807) is 0 Å². The molecule has 0 radical (unpaired) electrons. The number of allylic oxidation sites excluding steroid dienone is 1. The lowest BCUT2D eigenvalue weighted by atomic mass is 9.87. The average Bonchev–Trinajstić information content (AvgIpc) is 3.14. The number of rotatable bonds is 5. The Morgan fingerprint density at radius 2 is 1.23 bits per heavy atom. The molecule has 1 atom stereocenters. The van der Waals surface area contributed by atoms with E-state index in [0.717, 1.165) is 0 Å². The maximum atomic E-state index is 2.35. The second-order valence-electron chi connectivity index (χ2n) is 7.86. The molecule has 0 amide bonds. The summed E-state index contributed by atoms with van der Waals surface area (Å²) in [6.07, 6.45) is 4.59. The van der Waals surface area contributed by atoms with Gasteiger partial charge in [0, 0.05) is 23.9 Å². The van der Waals surface area contributed by atoms with E-state index in [9.17, 15) is 0 Å². The molecule has 1 nitrogen and oxygen atoms in total. The third-order valence-corrected chi connectivity index (χ3v) is 5.94. The van der Waals surface area contributed by atoms with E-state index >= 15 is 0 Å². The molecule has 4 aromatic carbocycles. The molecule has 0 aliphatic rings. The van der Waals surface area contributed by atoms with Gasteiger partial charge in [-0.25, -0.2) is 0 Å². The van der Waals surface area contributed by atoms with Crippen LogP contribution in [0.2, 0.25) is 0 Å². The van der Waals surface area contributed by atoms with Crippen LogP contribution >= 0.6 is 0 Å². The lowest BCUT2D eigenvalue weighted by Gasteiger charge is -2.17. The second-order valence-corrected chi connectivity index (χ2v) is 7.86. The number of benzene rings is 4. The minimum absolute atomic E-state index is 0.141. The fourth-order valence-corrected chi connectivity index (χ4v) is 4.49. The molecule has 0 bridgehead atoms. The van der Waals surface area contributed by atoms with Gasteiger partial charge in [-0.15, -0.1) is 0 Å². The molecule has 150 valence electrons. The van der Waals surface area contributed by atoms with Gasteiger partial charge in [0.25, 0.3) is 0 Å². The topological polar surface area (TPSA) is 4.93 Å². The van der Waals surface area contributed by atoms with Crippen LogP contribution in [0.15, 0.2) is 121 Å². The molecule has 31 heavy (non-hydrogen) atoms. The van der Waals surface area contributed by atoms with Crippen LogP contribution < -0.4 is 0 Å². The summed E-state index contributed by atoms with van der Waals surface area (Å²) in [7, 11) is 2.18. The first-order chi connectivity index (χ1) is 15.3. The van der Waals surface area contributed by atoms with Gasteiger partial charge in [-0.2, -0.15) is 0 Å². The molecule has 0 aliphatic carbocycles. The largest absolute Gasteiger partial charge is 0.343 e. The Hall–Kier alpha value is -3.84. The fourth-order valence-electron chi connectivity index (χ4n) is 4.49. The lowest BCUT2D eigenvalue weighted by Crippen LogP contribution is -2.01. The number of aryl methyl sites for hydroxylation is 1. The Balaban J connectivity index is 1.78. The van der Waals surface area contributed by atoms with Gasteiger partial charge in [0.15, 0.2) is 0 Å². The highest BCUT2D eigenvalue weighted by molar-refractivity contribution is 5.93. The SMILES string of the molecule is Cn1c(-c2ccccc2)c([C@@H](/C=C/c2ccccc2)c2ccccc2)c2ccccc21. The molecule has 0 saturated carbocycles. The lowest BCUT2D eigenvalue weighted by molar-refractivity contribution is 0.952. The first kappa shape index (κ1) is 19.1. The van der Waals surface area contributed by atoms with Crippen molar-refractivity contribution < 1.29 is 0 Å². The Labute approximate surface area is 183 Å². The zero-order valence-corrected chi connectivity index (χ0v) is 17.6. The van der Waals surface area contributed by atoms with Crippen molar-refractivity contribution in [2.24, 2.45) is 7.05 Å². The fraction of sp³-hybridized carbons (Fsp3) is 0.0667. The Morgan fingerprint density at radius 3 is 1.94 bits per heavy atom. The van der Waals surface area contributed by atoms with E-state index < -0.39 is 0 Å². The van der Waals surface area contributed by atoms with E-state index in [2.05, 4.69) is 139 Å². The third-order valence-electron chi connectivity index (χ3n) is 5.94. The summed E-state index contributed by atoms with van der Waals surface area (Å²) in [6, 6.07) is 40.8. The van der Waals surface area contributed by atoms with Gasteiger partial charge in [0.2, 0.25) is 0 Å². The normalized spacial score (nSPS) is 12.4. The highest BCUT2D eigenvalue weighted by Crippen LogP contribution is 2.41. The van der Waals surface area contributed by atoms with E-state index in [0.29, 0.717) is 0 Å². The Bertz CT molecular complexity index is 1310. The molecule has 0 unspecified atom stereocenters. The van der Waals surface area contributed by atoms with E-state index in [-0.39, 0.29) is 5.92 Å². The number of fused-ring (bicyclic) bond motifs is 1. The van der Waals surface area contributed by atoms with Crippen LogP contribution in [-0.4, -0.2) is 4.57 Å². The van der Waals surface area contributed by atoms with Crippen LogP contribution in [0.25, 0.3) is 28.2 Å². The molecule has 0 saturated heterocycles. The van der Waals surface area contributed by atoms with Crippen LogP contribution in [-0.2, 0) is 7.05 Å². The smallest absolute Gasteiger partial charge is 0.0530 e. The molecule has 0 aliphatic heterocycles. The molecule has 1 aromatic heterocycles. The number of hydrogen-bond donors (Lipinski definition) is 0. The van der Waals surface area contributed by atoms with Gasteiger partial charge in [-0.3, -0.25) is 0 Å². The zero-order chi connectivity index (χ0) is 21.0. The summed E-state index contributed by atoms with van der Waals surface area (Å²) in [5, 5.41) is 1.30. The first-order valence-corrected chi connectivity index (χ1v) is 10.7. The summed E-state index contributed by atoms with van der Waals surface area (Å²) in [6.45, 7) is 0. The van der Waals surface area contributed by atoms with Gasteiger partial charge in [-0.1, -0.05) is 121 Å². The Morgan fingerprint density at radius 1 is 0.645 bits per heavy atom. The molecule has 0 spiro atoms. The Kier molecular flexibility index (Phi) is 5.24. The van der Waals surface area contributed by atoms with Gasteiger partial charge in [0.1, 0.15) is 0 Å². The molecule has 1 heteroatoms. The van der Waals surface area contributed by atoms with Gasteiger partial charge in [0.05, 0.1) is 5.69 Å². The van der Waals surface area contributed by atoms with Crippen LogP contribution in [0.4, 0.5) is 0 Å². The zero-order valence-electron chi connectivity index (χ0n) is 17.6. The average molecular weight is 400 g/mol. The predicted molar refractivity (Wildman–Crippen MR) is 132 cm³/mol. The molecular formula is C30H25N. The van der Waals surface area contributed by atoms with Crippen molar-refractivity contribution in [3.05, 3.63) is 138 Å². The molecule has 5 aromatic rings. The molecule has 5 rings (SSSR count). The standard InChI is InChI=1S/C30H25N/c1-31-28-20-12-11-19-27(28)29(30(31)25-17-9-4-10-18-25)26(24-15-7-3-8-16-24)22-21-23-13-5-2-6-14-23/h2-22,26H,1H3/b22-21+/t26-/m0/s1. The van der Waals surface area contributed by atoms with Crippen LogP contribution in [0.1, 0.15) is 22.6 Å². The second kappa shape index (κ2) is 8.49. The number of hydrogen-bond acceptors (Lipinski definition) is 0. The van der Waals surface area contributed by atoms with Crippen molar-refractivity contribution in [2.45, 2.75) is 5.92 Å². The van der Waals surface area contributed by atoms with Crippen LogP contribution in [0.3, 0.4) is 0 Å². The van der Waals surface area contributed by atoms with Gasteiger partial charge < -0.3 is 4.57 Å². The van der Waals surface area contributed by atoms with Crippen molar-refractivity contribution in [1.82, 2.24) is 4.57 Å². The van der Waals surface area contributed by atoms with Gasteiger partial charge >= 0.3 is 0 Å². The van der Waals surface area contributed by atoms with Crippen LogP contribution in [0, 0.1) is 0 Å². The molecule has 0 N–H and O–H groups in total. The quantitative estimate of drug-likeness (QED) is 0.285. The summed E-state index contributed by atoms with van der Waals surface area (Å²) >= 11 is 0. The summed E-state index contributed by atoms with van der Waals surface area (Å²) in [5.41, 5.74) is 7.62. The van der Waals surface area contributed by atoms with Crippen molar-refractivity contribution in [1.29, 1.82) is 0 Å². The van der Waals surface area contributed by atoms with E-state index in [1.807, 2.05) is 0 Å². The van der Waals surface area contributed by atoms with Crippen molar-refractivity contribution in [2.75, 3.05) is 0 Å². The highest BCUT2D eigenvalue weighted by Gasteiger charge is 2.23. The highest BCUT2D eigenvalue weighted by atomic mass is 15.0. The predicted octanol–water partition coefficient (Wildman–Crippen LogP) is 7.69. The van der Waals surface area contributed by atoms with E-state index in [4.69, 9.17) is 0 Å². The minimum Gasteiger partial charge on any atom is -0.343 e. The van der Waals surface area contributed by atoms with Crippen molar-refractivity contribution >= 4 is 17.0 Å². The maximum absolute atomic E-state index is 2.35. The number of para-hydroxylation sites is 1. The monoisotopic (exact) mass is 399 g/mol. The third kappa shape index (κ3) is 3.71. The summed E-state index contributed by atoms with van der Waals surface area (Å²) in [4.78, 5) is 0. The van der Waals surface area contributed by atoms with E-state index in [1.165, 1.54) is 38.9 Å². The summed E-state index contributed by atoms with van der Waals surface area (Å²) in [5.74, 6) is 0.141. The molecule has 1 heterocycles. The van der Waals surface area contributed by atoms with Crippen molar-refractivity contribution in [3.63, 3.8) is 0 Å². The van der Waals surface area contributed by atoms with Gasteiger partial charge in [-0.05, 0) is 28.3 Å². The van der Waals surface area contributed by atoms with Crippen molar-refractivity contribution in [3.8, 4) is 11.3 Å². The summed E-state index contributed by atoms with van der Waals surface area (Å²) < 4.78 is 2.34. The maximum Gasteiger partial charge on any atom is 0.0530 e. The molecule has 0 fully saturated rings. The molecular weight excluding hydrogens is 374 g/mol. The minimum atomic E-state index is 0.141. The first-order valence-electron chi connectivity index (χ1n) is 10.7. The number of nitrogens with zero attached hydrogens (tertiary/aromatic N) is 1. The van der Waals surface area contributed by atoms with Crippen LogP contribution in [0.5, 0.6) is 0 Å². The number of aromatic nitrogens is 1.